The Morgan fingerprint density at radius 3 is 2.79 bits per heavy atom. The molecule has 9 nitrogen and oxygen atoms in total. The van der Waals surface area contributed by atoms with Gasteiger partial charge in [0.2, 0.25) is 5.91 Å². The van der Waals surface area contributed by atoms with Crippen LogP contribution in [0.3, 0.4) is 0 Å². The number of nitrogens with zero attached hydrogens (tertiary/aromatic N) is 7. The summed E-state index contributed by atoms with van der Waals surface area (Å²) >= 11 is 6.62. The molecule has 12 heteroatoms. The molecule has 48 heavy (non-hydrogen) atoms. The Bertz CT molecular complexity index is 1950. The summed E-state index contributed by atoms with van der Waals surface area (Å²) in [5.74, 6) is -0.120. The average molecular weight is 674 g/mol. The lowest BCUT2D eigenvalue weighted by atomic mass is 9.95. The molecule has 0 N–H and O–H groups in total. The number of hydrogen-bond acceptors (Lipinski definition) is 8. The molecule has 4 saturated heterocycles. The number of carbonyl (C=O) groups is 1. The number of carbonyl (C=O) groups excluding carboxylic acids is 1. The van der Waals surface area contributed by atoms with Crippen LogP contribution < -0.4 is 9.64 Å². The van der Waals surface area contributed by atoms with Crippen LogP contribution in [-0.2, 0) is 4.79 Å². The fourth-order valence-electron chi connectivity index (χ4n) is 8.12. The molecule has 8 rings (SSSR count). The van der Waals surface area contributed by atoms with Crippen LogP contribution in [0.1, 0.15) is 25.7 Å². The van der Waals surface area contributed by atoms with Gasteiger partial charge in [-0.1, -0.05) is 41.9 Å². The molecule has 0 saturated carbocycles. The Morgan fingerprint density at radius 2 is 1.98 bits per heavy atom. The summed E-state index contributed by atoms with van der Waals surface area (Å²) in [5.41, 5.74) is 1.49. The summed E-state index contributed by atoms with van der Waals surface area (Å²) in [4.78, 5) is 35.3. The van der Waals surface area contributed by atoms with Crippen molar-refractivity contribution < 1.29 is 18.3 Å². The Balaban J connectivity index is 1.16. The average Bonchev–Trinajstić information content (AvgIpc) is 3.78. The lowest BCUT2D eigenvalue weighted by Gasteiger charge is -2.31. The summed E-state index contributed by atoms with van der Waals surface area (Å²) in [7, 11) is 3.93. The molecule has 4 aliphatic heterocycles. The van der Waals surface area contributed by atoms with Gasteiger partial charge in [-0.25, -0.2) is 8.78 Å². The van der Waals surface area contributed by atoms with Crippen molar-refractivity contribution in [2.45, 2.75) is 43.4 Å². The van der Waals surface area contributed by atoms with Gasteiger partial charge >= 0.3 is 6.01 Å². The minimum Gasteiger partial charge on any atom is -0.461 e. The van der Waals surface area contributed by atoms with Gasteiger partial charge in [-0.15, -0.1) is 0 Å². The van der Waals surface area contributed by atoms with Crippen LogP contribution in [0, 0.1) is 5.82 Å². The van der Waals surface area contributed by atoms with Gasteiger partial charge in [0.15, 0.2) is 5.82 Å². The molecule has 2 aromatic heterocycles. The van der Waals surface area contributed by atoms with Crippen LogP contribution in [0.2, 0.25) is 5.02 Å². The number of likely N-dealkylation sites (N-methyl/N-ethyl adjacent to an activating group) is 2. The number of amides is 1. The van der Waals surface area contributed by atoms with Gasteiger partial charge in [-0.05, 0) is 49.9 Å². The summed E-state index contributed by atoms with van der Waals surface area (Å²) in [6.07, 6.45) is 5.39. The van der Waals surface area contributed by atoms with Crippen molar-refractivity contribution in [3.8, 4) is 17.3 Å². The van der Waals surface area contributed by atoms with Gasteiger partial charge in [0.25, 0.3) is 0 Å². The Morgan fingerprint density at radius 1 is 1.17 bits per heavy atom. The maximum Gasteiger partial charge on any atom is 0.319 e. The molecule has 2 aromatic carbocycles. The SMILES string of the molecule is CN1CC(=CC(=O)N2CC[C@@H](N(C)c3nc(OC[C@@]45CCCN4C[C@H](F)C5)nc4c(F)c(-c5cccc6cccc(Cl)c56)ncc34)C2)C1. The quantitative estimate of drug-likeness (QED) is 0.238. The van der Waals surface area contributed by atoms with E-state index < -0.39 is 17.5 Å². The zero-order chi connectivity index (χ0) is 33.2. The first-order chi connectivity index (χ1) is 23.2. The van der Waals surface area contributed by atoms with Crippen molar-refractivity contribution in [2.75, 3.05) is 64.9 Å². The lowest BCUT2D eigenvalue weighted by Crippen LogP contribution is -2.43. The molecule has 0 bridgehead atoms. The number of ether oxygens (including phenoxy) is 1. The van der Waals surface area contributed by atoms with E-state index in [0.29, 0.717) is 53.2 Å². The smallest absolute Gasteiger partial charge is 0.319 e. The van der Waals surface area contributed by atoms with Gasteiger partial charge in [-0.2, -0.15) is 9.97 Å². The molecule has 1 amide bonds. The van der Waals surface area contributed by atoms with Crippen molar-refractivity contribution in [1.29, 1.82) is 0 Å². The van der Waals surface area contributed by atoms with E-state index in [9.17, 15) is 9.18 Å². The minimum absolute atomic E-state index is 0.0137. The first-order valence-corrected chi connectivity index (χ1v) is 17.0. The molecule has 6 heterocycles. The van der Waals surface area contributed by atoms with Gasteiger partial charge < -0.3 is 14.5 Å². The van der Waals surface area contributed by atoms with Crippen molar-refractivity contribution >= 4 is 45.0 Å². The fraction of sp³-hybridized carbons (Fsp3) is 0.444. The highest BCUT2D eigenvalue weighted by Gasteiger charge is 2.49. The molecule has 0 aliphatic carbocycles. The number of hydrogen-bond donors (Lipinski definition) is 0. The second kappa shape index (κ2) is 12.2. The minimum atomic E-state index is -0.902. The predicted octanol–water partition coefficient (Wildman–Crippen LogP) is 5.50. The van der Waals surface area contributed by atoms with Gasteiger partial charge in [0.1, 0.15) is 29.8 Å². The number of likely N-dealkylation sites (tertiary alicyclic amines) is 2. The number of alkyl halides is 1. The van der Waals surface area contributed by atoms with E-state index in [0.717, 1.165) is 49.9 Å². The molecule has 4 aliphatic rings. The summed E-state index contributed by atoms with van der Waals surface area (Å²) in [6, 6.07) is 11.1. The van der Waals surface area contributed by atoms with Gasteiger partial charge in [-0.3, -0.25) is 19.6 Å². The number of anilines is 1. The van der Waals surface area contributed by atoms with Gasteiger partial charge in [0, 0.05) is 80.5 Å². The molecule has 4 aromatic rings. The van der Waals surface area contributed by atoms with E-state index in [1.165, 1.54) is 0 Å². The van der Waals surface area contributed by atoms with Crippen molar-refractivity contribution in [3.05, 3.63) is 65.1 Å². The Labute approximate surface area is 283 Å². The summed E-state index contributed by atoms with van der Waals surface area (Å²) < 4.78 is 37.6. The molecule has 0 spiro atoms. The maximum absolute atomic E-state index is 16.8. The summed E-state index contributed by atoms with van der Waals surface area (Å²) in [6.45, 7) is 4.20. The van der Waals surface area contributed by atoms with Crippen LogP contribution >= 0.6 is 11.6 Å². The standard InChI is InChI=1S/C36H38ClF2N7O2/c1-43-17-22(18-43)14-29(47)45-13-10-25(20-45)44(2)34-27-16-40-32(26-8-3-6-23-7-4-9-28(37)30(23)26)31(39)33(27)41-35(42-34)48-21-36-11-5-12-46(36)19-24(38)15-36/h3-4,6-9,14,16,24-25H,5,10-13,15,17-21H2,1-2H3/t24-,25-,36+/m1/s1. The fourth-order valence-corrected chi connectivity index (χ4v) is 8.40. The number of benzene rings is 2. The molecule has 0 radical (unpaired) electrons. The van der Waals surface area contributed by atoms with Crippen molar-refractivity contribution in [1.82, 2.24) is 29.7 Å². The number of aromatic nitrogens is 3. The van der Waals surface area contributed by atoms with E-state index in [-0.39, 0.29) is 35.8 Å². The molecular formula is C36H38ClF2N7O2. The third-order valence-electron chi connectivity index (χ3n) is 10.6. The molecule has 4 fully saturated rings. The third kappa shape index (κ3) is 5.45. The first-order valence-electron chi connectivity index (χ1n) is 16.6. The van der Waals surface area contributed by atoms with E-state index in [1.807, 2.05) is 48.2 Å². The second-order valence-corrected chi connectivity index (χ2v) is 14.2. The molecular weight excluding hydrogens is 636 g/mol. The van der Waals surface area contributed by atoms with Crippen molar-refractivity contribution in [2.24, 2.45) is 0 Å². The van der Waals surface area contributed by atoms with E-state index in [2.05, 4.69) is 19.8 Å². The highest BCUT2D eigenvalue weighted by molar-refractivity contribution is 6.36. The normalized spacial score (nSPS) is 24.4. The van der Waals surface area contributed by atoms with E-state index in [4.69, 9.17) is 21.3 Å². The maximum atomic E-state index is 16.8. The molecule has 0 unspecified atom stereocenters. The van der Waals surface area contributed by atoms with Crippen LogP contribution in [-0.4, -0.2) is 113 Å². The van der Waals surface area contributed by atoms with Crippen molar-refractivity contribution in [3.63, 3.8) is 0 Å². The Hall–Kier alpha value is -3.93. The molecule has 3 atom stereocenters. The zero-order valence-corrected chi connectivity index (χ0v) is 27.9. The van der Waals surface area contributed by atoms with E-state index in [1.54, 1.807) is 24.4 Å². The van der Waals surface area contributed by atoms with E-state index >= 15 is 4.39 Å². The topological polar surface area (TPSA) is 77.9 Å². The zero-order valence-electron chi connectivity index (χ0n) is 27.1. The second-order valence-electron chi connectivity index (χ2n) is 13.8. The largest absolute Gasteiger partial charge is 0.461 e. The van der Waals surface area contributed by atoms with Crippen LogP contribution in [0.4, 0.5) is 14.6 Å². The van der Waals surface area contributed by atoms with Crippen LogP contribution in [0.25, 0.3) is 32.9 Å². The predicted molar refractivity (Wildman–Crippen MR) is 183 cm³/mol. The van der Waals surface area contributed by atoms with Crippen LogP contribution in [0.15, 0.2) is 54.2 Å². The lowest BCUT2D eigenvalue weighted by molar-refractivity contribution is -0.125. The van der Waals surface area contributed by atoms with Crippen LogP contribution in [0.5, 0.6) is 6.01 Å². The number of halogens is 3. The monoisotopic (exact) mass is 673 g/mol. The number of rotatable bonds is 7. The number of fused-ring (bicyclic) bond motifs is 3. The molecule has 250 valence electrons. The third-order valence-corrected chi connectivity index (χ3v) is 10.9. The summed E-state index contributed by atoms with van der Waals surface area (Å²) in [5, 5.41) is 2.51. The first kappa shape index (κ1) is 31.3. The highest BCUT2D eigenvalue weighted by Crippen LogP contribution is 2.41. The van der Waals surface area contributed by atoms with Gasteiger partial charge in [0.05, 0.1) is 10.9 Å². The Kier molecular flexibility index (Phi) is 7.96. The number of pyridine rings is 1. The highest BCUT2D eigenvalue weighted by atomic mass is 35.5.